The van der Waals surface area contributed by atoms with E-state index >= 15 is 0 Å². The molecule has 1 fully saturated rings. The fourth-order valence-electron chi connectivity index (χ4n) is 1.67. The van der Waals surface area contributed by atoms with Crippen LogP contribution in [0.5, 0.6) is 5.75 Å². The van der Waals surface area contributed by atoms with Gasteiger partial charge in [0.15, 0.2) is 0 Å². The number of ether oxygens (including phenoxy) is 2. The van der Waals surface area contributed by atoms with E-state index in [2.05, 4.69) is 12.1 Å². The van der Waals surface area contributed by atoms with Crippen molar-refractivity contribution in [1.82, 2.24) is 0 Å². The zero-order valence-electron chi connectivity index (χ0n) is 7.82. The molecule has 70 valence electrons. The van der Waals surface area contributed by atoms with E-state index in [0.717, 1.165) is 25.4 Å². The van der Waals surface area contributed by atoms with Gasteiger partial charge in [-0.3, -0.25) is 0 Å². The third-order valence-corrected chi connectivity index (χ3v) is 2.52. The van der Waals surface area contributed by atoms with Crippen molar-refractivity contribution in [2.24, 2.45) is 0 Å². The van der Waals surface area contributed by atoms with Crippen LogP contribution >= 0.6 is 0 Å². The highest BCUT2D eigenvalue weighted by Gasteiger charge is 2.17. The zero-order chi connectivity index (χ0) is 9.10. The standard InChI is InChI=1S/C11H14O2/c1-12-11-4-2-9(3-5-11)10-6-7-13-8-10/h2-5,10H,6-8H2,1H3. The van der Waals surface area contributed by atoms with Crippen LogP contribution in [0, 0.1) is 0 Å². The fourth-order valence-corrected chi connectivity index (χ4v) is 1.67. The van der Waals surface area contributed by atoms with Crippen LogP contribution in [-0.2, 0) is 4.74 Å². The molecule has 1 aliphatic heterocycles. The van der Waals surface area contributed by atoms with Crippen molar-refractivity contribution in [2.75, 3.05) is 20.3 Å². The van der Waals surface area contributed by atoms with Crippen LogP contribution in [0.1, 0.15) is 17.9 Å². The Balaban J connectivity index is 2.12. The Kier molecular flexibility index (Phi) is 2.50. The van der Waals surface area contributed by atoms with E-state index in [1.165, 1.54) is 5.56 Å². The molecule has 2 heteroatoms. The third-order valence-electron chi connectivity index (χ3n) is 2.52. The topological polar surface area (TPSA) is 18.5 Å². The molecule has 1 heterocycles. The summed E-state index contributed by atoms with van der Waals surface area (Å²) in [6.45, 7) is 1.77. The summed E-state index contributed by atoms with van der Waals surface area (Å²) in [7, 11) is 1.69. The third kappa shape index (κ3) is 1.83. The monoisotopic (exact) mass is 178 g/mol. The van der Waals surface area contributed by atoms with Crippen LogP contribution in [0.3, 0.4) is 0 Å². The minimum Gasteiger partial charge on any atom is -0.497 e. The van der Waals surface area contributed by atoms with Gasteiger partial charge in [0.05, 0.1) is 13.7 Å². The molecule has 0 bridgehead atoms. The number of benzene rings is 1. The Morgan fingerprint density at radius 3 is 2.62 bits per heavy atom. The highest BCUT2D eigenvalue weighted by atomic mass is 16.5. The Morgan fingerprint density at radius 2 is 2.08 bits per heavy atom. The first kappa shape index (κ1) is 8.57. The maximum atomic E-state index is 5.34. The van der Waals surface area contributed by atoms with Crippen LogP contribution in [0.4, 0.5) is 0 Å². The van der Waals surface area contributed by atoms with E-state index in [9.17, 15) is 0 Å². The minimum atomic E-state index is 0.589. The van der Waals surface area contributed by atoms with Gasteiger partial charge in [-0.1, -0.05) is 12.1 Å². The molecule has 0 aromatic heterocycles. The van der Waals surface area contributed by atoms with Gasteiger partial charge >= 0.3 is 0 Å². The molecule has 1 aliphatic rings. The van der Waals surface area contributed by atoms with Gasteiger partial charge in [-0.05, 0) is 24.1 Å². The van der Waals surface area contributed by atoms with Crippen molar-refractivity contribution in [1.29, 1.82) is 0 Å². The normalized spacial score (nSPS) is 21.8. The van der Waals surface area contributed by atoms with E-state index < -0.39 is 0 Å². The van der Waals surface area contributed by atoms with Crippen LogP contribution < -0.4 is 4.74 Å². The maximum Gasteiger partial charge on any atom is 0.118 e. The molecule has 2 rings (SSSR count). The van der Waals surface area contributed by atoms with E-state index in [-0.39, 0.29) is 0 Å². The Bertz CT molecular complexity index is 260. The largest absolute Gasteiger partial charge is 0.497 e. The quantitative estimate of drug-likeness (QED) is 0.691. The molecule has 13 heavy (non-hydrogen) atoms. The molecule has 1 saturated heterocycles. The number of methoxy groups -OCH3 is 1. The Morgan fingerprint density at radius 1 is 1.31 bits per heavy atom. The Hall–Kier alpha value is -1.02. The maximum absolute atomic E-state index is 5.34. The summed E-state index contributed by atoms with van der Waals surface area (Å²) in [4.78, 5) is 0. The highest BCUT2D eigenvalue weighted by Crippen LogP contribution is 2.26. The van der Waals surface area contributed by atoms with Crippen molar-refractivity contribution < 1.29 is 9.47 Å². The average molecular weight is 178 g/mol. The molecule has 0 aliphatic carbocycles. The van der Waals surface area contributed by atoms with Crippen LogP contribution in [0.2, 0.25) is 0 Å². The van der Waals surface area contributed by atoms with Crippen molar-refractivity contribution in [3.8, 4) is 5.75 Å². The van der Waals surface area contributed by atoms with Gasteiger partial charge in [-0.25, -0.2) is 0 Å². The zero-order valence-corrected chi connectivity index (χ0v) is 7.82. The number of rotatable bonds is 2. The van der Waals surface area contributed by atoms with Gasteiger partial charge in [0, 0.05) is 12.5 Å². The summed E-state index contributed by atoms with van der Waals surface area (Å²) in [5.41, 5.74) is 1.36. The van der Waals surface area contributed by atoms with E-state index in [0.29, 0.717) is 5.92 Å². The lowest BCUT2D eigenvalue weighted by atomic mass is 9.99. The average Bonchev–Trinajstić information content (AvgIpc) is 2.71. The van der Waals surface area contributed by atoms with Crippen LogP contribution in [0.25, 0.3) is 0 Å². The molecule has 1 aromatic carbocycles. The molecule has 0 spiro atoms. The van der Waals surface area contributed by atoms with Crippen molar-refractivity contribution in [3.05, 3.63) is 29.8 Å². The smallest absolute Gasteiger partial charge is 0.118 e. The number of hydrogen-bond acceptors (Lipinski definition) is 2. The van der Waals surface area contributed by atoms with Crippen molar-refractivity contribution in [2.45, 2.75) is 12.3 Å². The van der Waals surface area contributed by atoms with Crippen molar-refractivity contribution in [3.63, 3.8) is 0 Å². The first-order valence-corrected chi connectivity index (χ1v) is 4.62. The van der Waals surface area contributed by atoms with Gasteiger partial charge in [0.2, 0.25) is 0 Å². The molecular formula is C11H14O2. The molecule has 2 nitrogen and oxygen atoms in total. The lowest BCUT2D eigenvalue weighted by Gasteiger charge is -2.08. The molecule has 0 radical (unpaired) electrons. The van der Waals surface area contributed by atoms with Gasteiger partial charge in [-0.15, -0.1) is 0 Å². The number of hydrogen-bond donors (Lipinski definition) is 0. The Labute approximate surface area is 78.5 Å². The second-order valence-corrected chi connectivity index (χ2v) is 3.33. The summed E-state index contributed by atoms with van der Waals surface area (Å²) in [6.07, 6.45) is 1.15. The predicted octanol–water partition coefficient (Wildman–Crippen LogP) is 2.20. The lowest BCUT2D eigenvalue weighted by Crippen LogP contribution is -1.96. The van der Waals surface area contributed by atoms with Gasteiger partial charge in [-0.2, -0.15) is 0 Å². The van der Waals surface area contributed by atoms with E-state index in [4.69, 9.17) is 9.47 Å². The summed E-state index contributed by atoms with van der Waals surface area (Å²) >= 11 is 0. The summed E-state index contributed by atoms with van der Waals surface area (Å²) < 4.78 is 10.4. The molecule has 0 N–H and O–H groups in total. The first-order valence-electron chi connectivity index (χ1n) is 4.62. The van der Waals surface area contributed by atoms with Crippen LogP contribution in [-0.4, -0.2) is 20.3 Å². The lowest BCUT2D eigenvalue weighted by molar-refractivity contribution is 0.194. The molecule has 1 unspecified atom stereocenters. The first-order chi connectivity index (χ1) is 6.40. The van der Waals surface area contributed by atoms with Crippen LogP contribution in [0.15, 0.2) is 24.3 Å². The fraction of sp³-hybridized carbons (Fsp3) is 0.455. The van der Waals surface area contributed by atoms with Gasteiger partial charge in [0.25, 0.3) is 0 Å². The van der Waals surface area contributed by atoms with E-state index in [1.54, 1.807) is 7.11 Å². The second kappa shape index (κ2) is 3.79. The molecule has 0 saturated carbocycles. The predicted molar refractivity (Wildman–Crippen MR) is 51.2 cm³/mol. The second-order valence-electron chi connectivity index (χ2n) is 3.33. The summed E-state index contributed by atoms with van der Waals surface area (Å²) in [6, 6.07) is 8.26. The SMILES string of the molecule is COc1ccc(C2CCOC2)cc1. The minimum absolute atomic E-state index is 0.589. The van der Waals surface area contributed by atoms with Gasteiger partial charge in [0.1, 0.15) is 5.75 Å². The summed E-state index contributed by atoms with van der Waals surface area (Å²) in [5.74, 6) is 1.51. The molecule has 1 atom stereocenters. The molecule has 0 amide bonds. The highest BCUT2D eigenvalue weighted by molar-refractivity contribution is 5.29. The van der Waals surface area contributed by atoms with Crippen molar-refractivity contribution >= 4 is 0 Å². The summed E-state index contributed by atoms with van der Waals surface area (Å²) in [5, 5.41) is 0. The van der Waals surface area contributed by atoms with E-state index in [1.807, 2.05) is 12.1 Å². The van der Waals surface area contributed by atoms with Gasteiger partial charge < -0.3 is 9.47 Å². The molecular weight excluding hydrogens is 164 g/mol. The molecule has 1 aromatic rings.